The number of amides is 2. The minimum absolute atomic E-state index is 0.101. The number of ether oxygens (including phenoxy) is 1. The molecule has 1 aromatic carbocycles. The summed E-state index contributed by atoms with van der Waals surface area (Å²) in [7, 11) is 1.56. The fourth-order valence-electron chi connectivity index (χ4n) is 2.78. The zero-order valence-electron chi connectivity index (χ0n) is 13.8. The van der Waals surface area contributed by atoms with Gasteiger partial charge >= 0.3 is 0 Å². The highest BCUT2D eigenvalue weighted by Crippen LogP contribution is 2.34. The van der Waals surface area contributed by atoms with Crippen LogP contribution in [0, 0.1) is 19.8 Å². The van der Waals surface area contributed by atoms with E-state index < -0.39 is 5.92 Å². The molecule has 0 bridgehead atoms. The van der Waals surface area contributed by atoms with Crippen LogP contribution in [0.4, 0.5) is 11.5 Å². The van der Waals surface area contributed by atoms with Crippen LogP contribution >= 0.6 is 0 Å². The molecule has 1 aromatic heterocycles. The first-order chi connectivity index (χ1) is 11.5. The van der Waals surface area contributed by atoms with Crippen LogP contribution in [-0.4, -0.2) is 30.6 Å². The number of nitrogens with one attached hydrogen (secondary N) is 1. The third kappa shape index (κ3) is 3.10. The lowest BCUT2D eigenvalue weighted by molar-refractivity contribution is -0.122. The molecule has 0 radical (unpaired) electrons. The van der Waals surface area contributed by atoms with Crippen LogP contribution in [0.15, 0.2) is 28.8 Å². The Morgan fingerprint density at radius 1 is 1.38 bits per heavy atom. The molecule has 2 amide bonds. The Morgan fingerprint density at radius 3 is 2.83 bits per heavy atom. The maximum atomic E-state index is 12.4. The van der Waals surface area contributed by atoms with E-state index in [0.717, 1.165) is 5.56 Å². The van der Waals surface area contributed by atoms with Crippen molar-refractivity contribution in [1.29, 1.82) is 0 Å². The number of benzene rings is 1. The maximum absolute atomic E-state index is 12.4. The van der Waals surface area contributed by atoms with E-state index in [1.807, 2.05) is 25.1 Å². The van der Waals surface area contributed by atoms with Crippen LogP contribution in [0.25, 0.3) is 0 Å². The average molecular weight is 329 g/mol. The number of hydrogen-bond acceptors (Lipinski definition) is 5. The van der Waals surface area contributed by atoms with Crippen molar-refractivity contribution >= 4 is 23.3 Å². The second-order valence-corrected chi connectivity index (χ2v) is 5.89. The molecule has 1 aliphatic heterocycles. The van der Waals surface area contributed by atoms with Crippen molar-refractivity contribution in [1.82, 2.24) is 5.16 Å². The Kier molecular flexibility index (Phi) is 4.24. The lowest BCUT2D eigenvalue weighted by Gasteiger charge is -2.20. The third-order valence-electron chi connectivity index (χ3n) is 4.00. The second-order valence-electron chi connectivity index (χ2n) is 5.89. The largest absolute Gasteiger partial charge is 0.495 e. The van der Waals surface area contributed by atoms with Crippen molar-refractivity contribution in [2.24, 2.45) is 5.92 Å². The molecule has 7 heteroatoms. The van der Waals surface area contributed by atoms with Gasteiger partial charge in [0.1, 0.15) is 11.5 Å². The van der Waals surface area contributed by atoms with Gasteiger partial charge in [0.05, 0.1) is 18.7 Å². The van der Waals surface area contributed by atoms with Gasteiger partial charge in [0.25, 0.3) is 0 Å². The summed E-state index contributed by atoms with van der Waals surface area (Å²) in [5.74, 6) is 0.790. The predicted octanol–water partition coefficient (Wildman–Crippen LogP) is 2.29. The molecule has 2 aromatic rings. The number of methoxy groups -OCH3 is 1. The fourth-order valence-corrected chi connectivity index (χ4v) is 2.78. The molecule has 0 unspecified atom stereocenters. The molecule has 1 aliphatic rings. The van der Waals surface area contributed by atoms with E-state index >= 15 is 0 Å². The molecule has 0 saturated carbocycles. The van der Waals surface area contributed by atoms with Gasteiger partial charge in [0.2, 0.25) is 11.8 Å². The van der Waals surface area contributed by atoms with Gasteiger partial charge in [-0.15, -0.1) is 0 Å². The number of carbonyl (C=O) groups is 2. The minimum atomic E-state index is -0.445. The lowest BCUT2D eigenvalue weighted by atomic mass is 10.1. The number of hydrogen-bond donors (Lipinski definition) is 1. The predicted molar refractivity (Wildman–Crippen MR) is 88.1 cm³/mol. The molecule has 2 heterocycles. The van der Waals surface area contributed by atoms with E-state index in [1.54, 1.807) is 25.0 Å². The van der Waals surface area contributed by atoms with Gasteiger partial charge in [-0.2, -0.15) is 0 Å². The molecule has 0 aliphatic carbocycles. The van der Waals surface area contributed by atoms with Crippen molar-refractivity contribution in [2.45, 2.75) is 20.3 Å². The summed E-state index contributed by atoms with van der Waals surface area (Å²) in [6.45, 7) is 4.00. The van der Waals surface area contributed by atoms with Gasteiger partial charge in [-0.3, -0.25) is 9.59 Å². The Hall–Kier alpha value is -2.83. The van der Waals surface area contributed by atoms with Gasteiger partial charge < -0.3 is 19.5 Å². The van der Waals surface area contributed by atoms with Crippen LogP contribution in [0.3, 0.4) is 0 Å². The van der Waals surface area contributed by atoms with E-state index in [9.17, 15) is 9.59 Å². The second kappa shape index (κ2) is 6.35. The van der Waals surface area contributed by atoms with Crippen molar-refractivity contribution in [2.75, 3.05) is 23.9 Å². The topological polar surface area (TPSA) is 84.7 Å². The molecular weight excluding hydrogens is 310 g/mol. The first-order valence-electron chi connectivity index (χ1n) is 7.67. The molecule has 126 valence electrons. The number of nitrogens with zero attached hydrogens (tertiary/aromatic N) is 2. The monoisotopic (exact) mass is 329 g/mol. The number of rotatable bonds is 4. The summed E-state index contributed by atoms with van der Waals surface area (Å²) in [6.07, 6.45) is 0.153. The van der Waals surface area contributed by atoms with Gasteiger partial charge in [-0.05, 0) is 31.5 Å². The maximum Gasteiger partial charge on any atom is 0.231 e. The normalized spacial score (nSPS) is 17.2. The summed E-state index contributed by atoms with van der Waals surface area (Å²) >= 11 is 0. The van der Waals surface area contributed by atoms with E-state index in [2.05, 4.69) is 10.5 Å². The highest BCUT2D eigenvalue weighted by atomic mass is 16.5. The standard InChI is InChI=1S/C17H19N3O4/c1-10-4-5-14(23-3)13(6-10)20-9-12(8-16(20)21)17(22)18-15-7-11(2)24-19-15/h4-7,12H,8-9H2,1-3H3,(H,18,19,22)/t12-/m1/s1. The number of carbonyl (C=O) groups excluding carboxylic acids is 2. The van der Waals surface area contributed by atoms with Crippen molar-refractivity contribution in [3.05, 3.63) is 35.6 Å². The Labute approximate surface area is 139 Å². The Bertz CT molecular complexity index is 784. The highest BCUT2D eigenvalue weighted by molar-refractivity contribution is 6.04. The van der Waals surface area contributed by atoms with Gasteiger partial charge in [0.15, 0.2) is 5.82 Å². The van der Waals surface area contributed by atoms with Crippen molar-refractivity contribution in [3.63, 3.8) is 0 Å². The quantitative estimate of drug-likeness (QED) is 0.930. The molecule has 0 spiro atoms. The zero-order valence-corrected chi connectivity index (χ0v) is 13.8. The van der Waals surface area contributed by atoms with Crippen LogP contribution < -0.4 is 15.0 Å². The van der Waals surface area contributed by atoms with Gasteiger partial charge in [-0.1, -0.05) is 11.2 Å². The van der Waals surface area contributed by atoms with E-state index in [-0.39, 0.29) is 18.2 Å². The summed E-state index contributed by atoms with van der Waals surface area (Å²) in [4.78, 5) is 26.3. The molecule has 1 saturated heterocycles. The number of anilines is 2. The molecule has 24 heavy (non-hydrogen) atoms. The van der Waals surface area contributed by atoms with Crippen molar-refractivity contribution in [3.8, 4) is 5.75 Å². The lowest BCUT2D eigenvalue weighted by Crippen LogP contribution is -2.28. The first-order valence-corrected chi connectivity index (χ1v) is 7.67. The summed E-state index contributed by atoms with van der Waals surface area (Å²) in [5, 5.41) is 6.42. The van der Waals surface area contributed by atoms with E-state index in [0.29, 0.717) is 29.6 Å². The minimum Gasteiger partial charge on any atom is -0.495 e. The van der Waals surface area contributed by atoms with Crippen LogP contribution in [0.1, 0.15) is 17.7 Å². The average Bonchev–Trinajstić information content (AvgIpc) is 3.13. The Morgan fingerprint density at radius 2 is 2.17 bits per heavy atom. The SMILES string of the molecule is COc1ccc(C)cc1N1C[C@H](C(=O)Nc2cc(C)on2)CC1=O. The Balaban J connectivity index is 1.76. The zero-order chi connectivity index (χ0) is 17.3. The third-order valence-corrected chi connectivity index (χ3v) is 4.00. The first kappa shape index (κ1) is 16.0. The van der Waals surface area contributed by atoms with Crippen LogP contribution in [-0.2, 0) is 9.59 Å². The molecule has 1 atom stereocenters. The number of aryl methyl sites for hydroxylation is 2. The molecule has 7 nitrogen and oxygen atoms in total. The highest BCUT2D eigenvalue weighted by Gasteiger charge is 2.36. The van der Waals surface area contributed by atoms with Gasteiger partial charge in [-0.25, -0.2) is 0 Å². The molecule has 1 N–H and O–H groups in total. The van der Waals surface area contributed by atoms with Crippen LogP contribution in [0.2, 0.25) is 0 Å². The number of aromatic nitrogens is 1. The van der Waals surface area contributed by atoms with E-state index in [4.69, 9.17) is 9.26 Å². The van der Waals surface area contributed by atoms with E-state index in [1.165, 1.54) is 0 Å². The van der Waals surface area contributed by atoms with Crippen molar-refractivity contribution < 1.29 is 18.8 Å². The molecular formula is C17H19N3O4. The fraction of sp³-hybridized carbons (Fsp3) is 0.353. The van der Waals surface area contributed by atoms with Gasteiger partial charge in [0, 0.05) is 19.0 Å². The van der Waals surface area contributed by atoms with Crippen LogP contribution in [0.5, 0.6) is 5.75 Å². The molecule has 3 rings (SSSR count). The smallest absolute Gasteiger partial charge is 0.231 e. The summed E-state index contributed by atoms with van der Waals surface area (Å²) in [5.41, 5.74) is 1.71. The summed E-state index contributed by atoms with van der Waals surface area (Å²) in [6, 6.07) is 7.26. The molecule has 1 fully saturated rings. The summed E-state index contributed by atoms with van der Waals surface area (Å²) < 4.78 is 10.3.